The highest BCUT2D eigenvalue weighted by Crippen LogP contribution is 2.43. The Morgan fingerprint density at radius 2 is 1.62 bits per heavy atom. The van der Waals surface area contributed by atoms with Gasteiger partial charge in [0.05, 0.1) is 0 Å². The Morgan fingerprint density at radius 3 is 2.19 bits per heavy atom. The average molecular weight is 435 g/mol. The van der Waals surface area contributed by atoms with E-state index in [0.29, 0.717) is 24.2 Å². The molecule has 2 aromatic rings. The Bertz CT molecular complexity index is 1010. The van der Waals surface area contributed by atoms with E-state index in [-0.39, 0.29) is 11.8 Å². The fourth-order valence-corrected chi connectivity index (χ4v) is 4.33. The molecular formula is C27H34N2O3. The highest BCUT2D eigenvalue weighted by atomic mass is 16.5. The lowest BCUT2D eigenvalue weighted by Crippen LogP contribution is -2.36. The summed E-state index contributed by atoms with van der Waals surface area (Å²) in [4.78, 5) is 26.7. The molecule has 0 aromatic heterocycles. The van der Waals surface area contributed by atoms with Crippen molar-refractivity contribution in [1.29, 1.82) is 0 Å². The predicted octanol–water partition coefficient (Wildman–Crippen LogP) is 5.30. The Labute approximate surface area is 191 Å². The zero-order valence-corrected chi connectivity index (χ0v) is 19.8. The molecule has 0 saturated heterocycles. The normalized spacial score (nSPS) is 17.1. The van der Waals surface area contributed by atoms with Crippen LogP contribution < -0.4 is 10.1 Å². The molecule has 0 fully saturated rings. The maximum Gasteiger partial charge on any atom is 0.253 e. The van der Waals surface area contributed by atoms with Crippen LogP contribution in [0, 0.1) is 0 Å². The van der Waals surface area contributed by atoms with Crippen molar-refractivity contribution in [1.82, 2.24) is 10.2 Å². The zero-order chi connectivity index (χ0) is 23.3. The summed E-state index contributed by atoms with van der Waals surface area (Å²) in [7, 11) is 1.63. The molecule has 1 heterocycles. The summed E-state index contributed by atoms with van der Waals surface area (Å²) >= 11 is 0. The first-order valence-corrected chi connectivity index (χ1v) is 11.6. The Balaban J connectivity index is 2.07. The van der Waals surface area contributed by atoms with Gasteiger partial charge in [0.25, 0.3) is 11.8 Å². The van der Waals surface area contributed by atoms with Gasteiger partial charge >= 0.3 is 0 Å². The molecule has 32 heavy (non-hydrogen) atoms. The maximum absolute atomic E-state index is 12.7. The van der Waals surface area contributed by atoms with Gasteiger partial charge in [0.15, 0.2) is 0 Å². The minimum Gasteiger partial charge on any atom is -0.483 e. The number of rotatable bonds is 8. The second-order valence-electron chi connectivity index (χ2n) is 8.17. The number of ether oxygens (including phenoxy) is 1. The first-order valence-electron chi connectivity index (χ1n) is 11.6. The van der Waals surface area contributed by atoms with E-state index in [1.165, 1.54) is 0 Å². The van der Waals surface area contributed by atoms with E-state index in [9.17, 15) is 9.59 Å². The summed E-state index contributed by atoms with van der Waals surface area (Å²) in [5, 5.41) is 2.68. The minimum atomic E-state index is -0.423. The quantitative estimate of drug-likeness (QED) is 0.613. The number of hydrogen-bond donors (Lipinski definition) is 1. The van der Waals surface area contributed by atoms with Crippen LogP contribution >= 0.6 is 0 Å². The number of fused-ring (bicyclic) bond motifs is 1. The molecule has 1 aliphatic rings. The predicted molar refractivity (Wildman–Crippen MR) is 129 cm³/mol. The van der Waals surface area contributed by atoms with Crippen LogP contribution in [0.25, 0.3) is 5.57 Å². The van der Waals surface area contributed by atoms with Gasteiger partial charge in [-0.15, -0.1) is 0 Å². The van der Waals surface area contributed by atoms with Crippen LogP contribution in [-0.2, 0) is 0 Å². The third-order valence-electron chi connectivity index (χ3n) is 6.25. The van der Waals surface area contributed by atoms with E-state index >= 15 is 0 Å². The van der Waals surface area contributed by atoms with Gasteiger partial charge in [0, 0.05) is 36.8 Å². The molecule has 0 radical (unpaired) electrons. The van der Waals surface area contributed by atoms with Crippen LogP contribution in [0.2, 0.25) is 0 Å². The van der Waals surface area contributed by atoms with Crippen molar-refractivity contribution in [3.05, 3.63) is 70.8 Å². The standard InChI is InChI=1S/C27H34N2O3/c1-6-16-27(7-2)18-23(22-15-14-21(25(30)28-5)17-24(22)32-27)19-10-12-20(13-11-19)26(31)29(8-3)9-4/h10-15,17-18H,6-9,16H2,1-5H3,(H,28,30). The van der Waals surface area contributed by atoms with Crippen molar-refractivity contribution in [3.63, 3.8) is 0 Å². The number of nitrogens with zero attached hydrogens (tertiary/aromatic N) is 1. The van der Waals surface area contributed by atoms with Gasteiger partial charge in [-0.05, 0) is 74.2 Å². The van der Waals surface area contributed by atoms with E-state index < -0.39 is 5.60 Å². The topological polar surface area (TPSA) is 58.6 Å². The van der Waals surface area contributed by atoms with Crippen molar-refractivity contribution in [2.45, 2.75) is 52.6 Å². The largest absolute Gasteiger partial charge is 0.483 e. The van der Waals surface area contributed by atoms with Crippen molar-refractivity contribution in [3.8, 4) is 5.75 Å². The van der Waals surface area contributed by atoms with Gasteiger partial charge < -0.3 is 15.0 Å². The van der Waals surface area contributed by atoms with E-state index in [1.54, 1.807) is 7.05 Å². The molecule has 2 amide bonds. The second-order valence-corrected chi connectivity index (χ2v) is 8.17. The van der Waals surface area contributed by atoms with Crippen LogP contribution in [0.1, 0.15) is 78.8 Å². The first-order chi connectivity index (χ1) is 15.4. The molecule has 0 saturated carbocycles. The molecule has 2 aromatic carbocycles. The number of benzene rings is 2. The smallest absolute Gasteiger partial charge is 0.253 e. The molecule has 1 atom stereocenters. The Kier molecular flexibility index (Phi) is 7.39. The van der Waals surface area contributed by atoms with Gasteiger partial charge in [0.2, 0.25) is 0 Å². The highest BCUT2D eigenvalue weighted by Gasteiger charge is 2.34. The van der Waals surface area contributed by atoms with E-state index in [0.717, 1.165) is 41.7 Å². The Morgan fingerprint density at radius 1 is 0.969 bits per heavy atom. The van der Waals surface area contributed by atoms with Gasteiger partial charge in [-0.3, -0.25) is 9.59 Å². The molecule has 1 unspecified atom stereocenters. The minimum absolute atomic E-state index is 0.0482. The summed E-state index contributed by atoms with van der Waals surface area (Å²) < 4.78 is 6.50. The third-order valence-corrected chi connectivity index (χ3v) is 6.25. The summed E-state index contributed by atoms with van der Waals surface area (Å²) in [6, 6.07) is 13.4. The van der Waals surface area contributed by atoms with E-state index in [2.05, 4.69) is 25.2 Å². The number of carbonyl (C=O) groups excluding carboxylic acids is 2. The highest BCUT2D eigenvalue weighted by molar-refractivity contribution is 5.97. The molecule has 0 aliphatic carbocycles. The molecule has 0 spiro atoms. The van der Waals surface area contributed by atoms with Gasteiger partial charge in [-0.2, -0.15) is 0 Å². The first kappa shape index (κ1) is 23.6. The van der Waals surface area contributed by atoms with Crippen molar-refractivity contribution in [2.24, 2.45) is 0 Å². The fourth-order valence-electron chi connectivity index (χ4n) is 4.33. The summed E-state index contributed by atoms with van der Waals surface area (Å²) in [5.41, 5.74) is 3.92. The van der Waals surface area contributed by atoms with Crippen LogP contribution in [0.5, 0.6) is 5.75 Å². The monoisotopic (exact) mass is 434 g/mol. The maximum atomic E-state index is 12.7. The summed E-state index contributed by atoms with van der Waals surface area (Å²) in [6.45, 7) is 9.64. The van der Waals surface area contributed by atoms with Crippen LogP contribution in [-0.4, -0.2) is 42.5 Å². The van der Waals surface area contributed by atoms with Crippen LogP contribution in [0.3, 0.4) is 0 Å². The molecule has 5 heteroatoms. The molecule has 5 nitrogen and oxygen atoms in total. The van der Waals surface area contributed by atoms with Crippen molar-refractivity contribution in [2.75, 3.05) is 20.1 Å². The fraction of sp³-hybridized carbons (Fsp3) is 0.407. The lowest BCUT2D eigenvalue weighted by Gasteiger charge is -2.37. The number of hydrogen-bond acceptors (Lipinski definition) is 3. The summed E-state index contributed by atoms with van der Waals surface area (Å²) in [6.07, 6.45) is 4.92. The van der Waals surface area contributed by atoms with Crippen molar-refractivity contribution >= 4 is 17.4 Å². The SMILES string of the molecule is CCCC1(CC)C=C(c2ccc(C(=O)N(CC)CC)cc2)c2ccc(C(=O)NC)cc2O1. The van der Waals surface area contributed by atoms with E-state index in [4.69, 9.17) is 4.74 Å². The lowest BCUT2D eigenvalue weighted by atomic mass is 9.84. The second kappa shape index (κ2) is 10.0. The molecule has 1 aliphatic heterocycles. The molecule has 1 N–H and O–H groups in total. The number of amides is 2. The molecule has 0 bridgehead atoms. The Hall–Kier alpha value is -3.08. The molecular weight excluding hydrogens is 400 g/mol. The van der Waals surface area contributed by atoms with Crippen LogP contribution in [0.15, 0.2) is 48.5 Å². The lowest BCUT2D eigenvalue weighted by molar-refractivity contribution is 0.0772. The zero-order valence-electron chi connectivity index (χ0n) is 19.8. The number of nitrogens with one attached hydrogen (secondary N) is 1. The van der Waals surface area contributed by atoms with Crippen LogP contribution in [0.4, 0.5) is 0 Å². The van der Waals surface area contributed by atoms with Gasteiger partial charge in [-0.25, -0.2) is 0 Å². The van der Waals surface area contributed by atoms with Crippen molar-refractivity contribution < 1.29 is 14.3 Å². The third kappa shape index (κ3) is 4.57. The van der Waals surface area contributed by atoms with E-state index in [1.807, 2.05) is 61.2 Å². The summed E-state index contributed by atoms with van der Waals surface area (Å²) in [5.74, 6) is 0.638. The molecule has 170 valence electrons. The molecule has 3 rings (SSSR count). The van der Waals surface area contributed by atoms with Gasteiger partial charge in [0.1, 0.15) is 11.4 Å². The van der Waals surface area contributed by atoms with Gasteiger partial charge in [-0.1, -0.05) is 32.4 Å². The average Bonchev–Trinajstić information content (AvgIpc) is 2.83. The number of carbonyl (C=O) groups is 2.